The lowest BCUT2D eigenvalue weighted by molar-refractivity contribution is 0.416. The van der Waals surface area contributed by atoms with Crippen LogP contribution in [0.3, 0.4) is 0 Å². The predicted octanol–water partition coefficient (Wildman–Crippen LogP) is 4.84. The van der Waals surface area contributed by atoms with Gasteiger partial charge in [0.2, 0.25) is 10.0 Å². The fourth-order valence-electron chi connectivity index (χ4n) is 3.53. The lowest BCUT2D eigenvalue weighted by Crippen LogP contribution is -2.25. The Hall–Kier alpha value is -3.69. The molecule has 34 heavy (non-hydrogen) atoms. The maximum absolute atomic E-state index is 12.7. The van der Waals surface area contributed by atoms with Crippen molar-refractivity contribution in [3.8, 4) is 28.3 Å². The molecule has 0 aliphatic heterocycles. The second kappa shape index (κ2) is 9.28. The Morgan fingerprint density at radius 1 is 1.03 bits per heavy atom. The molecular formula is C25H24N4O4S. The van der Waals surface area contributed by atoms with Crippen molar-refractivity contribution in [2.45, 2.75) is 17.7 Å². The van der Waals surface area contributed by atoms with Crippen molar-refractivity contribution in [3.05, 3.63) is 73.1 Å². The van der Waals surface area contributed by atoms with Gasteiger partial charge in [0.25, 0.3) is 6.01 Å². The maximum Gasteiger partial charge on any atom is 0.299 e. The number of methoxy groups -OCH3 is 1. The van der Waals surface area contributed by atoms with Crippen molar-refractivity contribution in [1.82, 2.24) is 14.7 Å². The van der Waals surface area contributed by atoms with Crippen LogP contribution in [0.1, 0.15) is 12.8 Å². The number of nitrogens with zero attached hydrogens (tertiary/aromatic N) is 2. The Morgan fingerprint density at radius 3 is 2.65 bits per heavy atom. The minimum absolute atomic E-state index is 0.145. The van der Waals surface area contributed by atoms with Crippen LogP contribution in [0, 0.1) is 5.92 Å². The van der Waals surface area contributed by atoms with E-state index in [9.17, 15) is 8.42 Å². The molecule has 5 rings (SSSR count). The van der Waals surface area contributed by atoms with Gasteiger partial charge in [0.15, 0.2) is 5.76 Å². The molecule has 0 saturated heterocycles. The molecule has 2 aromatic carbocycles. The third-order valence-corrected chi connectivity index (χ3v) is 7.02. The van der Waals surface area contributed by atoms with Crippen LogP contribution in [0.4, 0.5) is 11.7 Å². The average molecular weight is 477 g/mol. The SMILES string of the molecule is COc1ccc(S(=O)(=O)NCC2CC2)cc1Nc1ncc(-c2cccc(-c3ccccn3)c2)o1. The number of anilines is 2. The normalized spacial score (nSPS) is 13.6. The van der Waals surface area contributed by atoms with Gasteiger partial charge in [-0.05, 0) is 55.2 Å². The lowest BCUT2D eigenvalue weighted by atomic mass is 10.1. The van der Waals surface area contributed by atoms with Crippen LogP contribution in [-0.4, -0.2) is 32.0 Å². The standard InChI is InChI=1S/C25H24N4O4S/c1-32-23-11-10-20(34(30,31)28-15-17-8-9-17)14-22(23)29-25-27-16-24(33-25)19-6-4-5-18(13-19)21-7-2-3-12-26-21/h2-7,10-14,16-17,28H,8-9,15H2,1H3,(H,27,29). The number of aromatic nitrogens is 2. The van der Waals surface area contributed by atoms with Gasteiger partial charge in [0, 0.05) is 23.9 Å². The Morgan fingerprint density at radius 2 is 1.88 bits per heavy atom. The van der Waals surface area contributed by atoms with Crippen molar-refractivity contribution in [2.24, 2.45) is 5.92 Å². The Bertz CT molecular complexity index is 1400. The molecule has 0 spiro atoms. The van der Waals surface area contributed by atoms with Gasteiger partial charge in [-0.25, -0.2) is 18.1 Å². The summed E-state index contributed by atoms with van der Waals surface area (Å²) in [5, 5.41) is 3.04. The summed E-state index contributed by atoms with van der Waals surface area (Å²) in [6.45, 7) is 0.456. The zero-order valence-electron chi connectivity index (χ0n) is 18.6. The van der Waals surface area contributed by atoms with Gasteiger partial charge in [-0.15, -0.1) is 0 Å². The Labute approximate surface area is 198 Å². The van der Waals surface area contributed by atoms with Crippen LogP contribution in [0.5, 0.6) is 5.75 Å². The fourth-order valence-corrected chi connectivity index (χ4v) is 4.67. The maximum atomic E-state index is 12.7. The first-order valence-corrected chi connectivity index (χ1v) is 12.4. The Kier molecular flexibility index (Phi) is 6.04. The molecule has 2 N–H and O–H groups in total. The van der Waals surface area contributed by atoms with Crippen LogP contribution in [0.15, 0.2) is 82.4 Å². The van der Waals surface area contributed by atoms with E-state index in [1.807, 2.05) is 42.5 Å². The summed E-state index contributed by atoms with van der Waals surface area (Å²) in [5.74, 6) is 1.47. The summed E-state index contributed by atoms with van der Waals surface area (Å²) in [6, 6.07) is 18.4. The average Bonchev–Trinajstić information content (AvgIpc) is 3.60. The predicted molar refractivity (Wildman–Crippen MR) is 129 cm³/mol. The molecule has 9 heteroatoms. The third kappa shape index (κ3) is 4.95. The molecule has 0 unspecified atom stereocenters. The summed E-state index contributed by atoms with van der Waals surface area (Å²) in [6.07, 6.45) is 5.50. The number of sulfonamides is 1. The monoisotopic (exact) mass is 476 g/mol. The zero-order valence-corrected chi connectivity index (χ0v) is 19.4. The number of pyridine rings is 1. The van der Waals surface area contributed by atoms with E-state index in [1.54, 1.807) is 18.5 Å². The van der Waals surface area contributed by atoms with Crippen molar-refractivity contribution >= 4 is 21.7 Å². The largest absolute Gasteiger partial charge is 0.495 e. The van der Waals surface area contributed by atoms with Gasteiger partial charge < -0.3 is 14.5 Å². The first-order chi connectivity index (χ1) is 16.5. The summed E-state index contributed by atoms with van der Waals surface area (Å²) in [4.78, 5) is 8.85. The van der Waals surface area contributed by atoms with Crippen molar-refractivity contribution in [2.75, 3.05) is 19.0 Å². The Balaban J connectivity index is 1.38. The van der Waals surface area contributed by atoms with E-state index < -0.39 is 10.0 Å². The number of nitrogens with one attached hydrogen (secondary N) is 2. The minimum Gasteiger partial charge on any atom is -0.495 e. The number of hydrogen-bond donors (Lipinski definition) is 2. The number of rotatable bonds is 9. The van der Waals surface area contributed by atoms with Gasteiger partial charge in [-0.3, -0.25) is 4.98 Å². The van der Waals surface area contributed by atoms with Gasteiger partial charge in [0.05, 0.1) is 29.6 Å². The molecule has 1 saturated carbocycles. The molecule has 1 fully saturated rings. The lowest BCUT2D eigenvalue weighted by Gasteiger charge is -2.12. The molecule has 0 atom stereocenters. The summed E-state index contributed by atoms with van der Waals surface area (Å²) in [5.41, 5.74) is 3.10. The highest BCUT2D eigenvalue weighted by Gasteiger charge is 2.25. The van der Waals surface area contributed by atoms with E-state index in [0.717, 1.165) is 29.7 Å². The van der Waals surface area contributed by atoms with Crippen LogP contribution < -0.4 is 14.8 Å². The van der Waals surface area contributed by atoms with Crippen molar-refractivity contribution in [1.29, 1.82) is 0 Å². The van der Waals surface area contributed by atoms with E-state index >= 15 is 0 Å². The second-order valence-electron chi connectivity index (χ2n) is 8.11. The third-order valence-electron chi connectivity index (χ3n) is 5.60. The summed E-state index contributed by atoms with van der Waals surface area (Å²) >= 11 is 0. The van der Waals surface area contributed by atoms with Crippen LogP contribution in [0.2, 0.25) is 0 Å². The highest BCUT2D eigenvalue weighted by molar-refractivity contribution is 7.89. The van der Waals surface area contributed by atoms with E-state index in [-0.39, 0.29) is 10.9 Å². The minimum atomic E-state index is -3.63. The van der Waals surface area contributed by atoms with E-state index in [0.29, 0.717) is 29.7 Å². The quantitative estimate of drug-likeness (QED) is 0.356. The van der Waals surface area contributed by atoms with Crippen LogP contribution in [-0.2, 0) is 10.0 Å². The number of benzene rings is 2. The highest BCUT2D eigenvalue weighted by atomic mass is 32.2. The van der Waals surface area contributed by atoms with Crippen LogP contribution in [0.25, 0.3) is 22.6 Å². The van der Waals surface area contributed by atoms with E-state index in [2.05, 4.69) is 20.0 Å². The molecule has 0 bridgehead atoms. The smallest absolute Gasteiger partial charge is 0.299 e. The van der Waals surface area contributed by atoms with Gasteiger partial charge in [0.1, 0.15) is 5.75 Å². The molecule has 1 aliphatic rings. The molecule has 1 aliphatic carbocycles. The molecule has 0 radical (unpaired) electrons. The zero-order chi connectivity index (χ0) is 23.5. The van der Waals surface area contributed by atoms with Crippen molar-refractivity contribution in [3.63, 3.8) is 0 Å². The number of ether oxygens (including phenoxy) is 1. The van der Waals surface area contributed by atoms with Crippen molar-refractivity contribution < 1.29 is 17.6 Å². The fraction of sp³-hybridized carbons (Fsp3) is 0.200. The molecule has 2 heterocycles. The molecular weight excluding hydrogens is 452 g/mol. The number of hydrogen-bond acceptors (Lipinski definition) is 7. The van der Waals surface area contributed by atoms with Gasteiger partial charge in [-0.2, -0.15) is 0 Å². The van der Waals surface area contributed by atoms with E-state index in [1.165, 1.54) is 19.2 Å². The molecule has 4 aromatic rings. The highest BCUT2D eigenvalue weighted by Crippen LogP contribution is 2.33. The van der Waals surface area contributed by atoms with Gasteiger partial charge >= 0.3 is 0 Å². The summed E-state index contributed by atoms with van der Waals surface area (Å²) in [7, 11) is -2.11. The molecule has 2 aromatic heterocycles. The second-order valence-corrected chi connectivity index (χ2v) is 9.87. The number of oxazole rings is 1. The van der Waals surface area contributed by atoms with Crippen LogP contribution >= 0.6 is 0 Å². The van der Waals surface area contributed by atoms with E-state index in [4.69, 9.17) is 9.15 Å². The molecule has 0 amide bonds. The first-order valence-electron chi connectivity index (χ1n) is 10.9. The molecule has 8 nitrogen and oxygen atoms in total. The first kappa shape index (κ1) is 22.1. The van der Waals surface area contributed by atoms with Gasteiger partial charge in [-0.1, -0.05) is 24.3 Å². The topological polar surface area (TPSA) is 106 Å². The molecule has 174 valence electrons. The summed E-state index contributed by atoms with van der Waals surface area (Å²) < 4.78 is 39.3.